The van der Waals surface area contributed by atoms with Crippen LogP contribution in [0.4, 0.5) is 0 Å². The molecule has 0 saturated heterocycles. The smallest absolute Gasteiger partial charge is 0.0947 e. The summed E-state index contributed by atoms with van der Waals surface area (Å²) in [5, 5.41) is 0. The molecule has 0 radical (unpaired) electrons. The number of furan rings is 1. The first-order valence-electron chi connectivity index (χ1n) is 6.50. The monoisotopic (exact) mass is 236 g/mol. The molecule has 3 heteroatoms. The van der Waals surface area contributed by atoms with Crippen molar-refractivity contribution in [1.82, 2.24) is 4.90 Å². The molecule has 0 amide bonds. The Morgan fingerprint density at radius 1 is 1.53 bits per heavy atom. The van der Waals surface area contributed by atoms with E-state index >= 15 is 0 Å². The van der Waals surface area contributed by atoms with Crippen molar-refractivity contribution in [2.24, 2.45) is 17.6 Å². The van der Waals surface area contributed by atoms with Crippen molar-refractivity contribution >= 4 is 0 Å². The molecule has 0 spiro atoms. The Balaban J connectivity index is 1.95. The van der Waals surface area contributed by atoms with E-state index < -0.39 is 0 Å². The van der Waals surface area contributed by atoms with Crippen molar-refractivity contribution in [1.29, 1.82) is 0 Å². The molecule has 3 nitrogen and oxygen atoms in total. The van der Waals surface area contributed by atoms with Crippen LogP contribution in [-0.4, -0.2) is 24.0 Å². The summed E-state index contributed by atoms with van der Waals surface area (Å²) in [6, 6.07) is 2.03. The fraction of sp³-hybridized carbons (Fsp3) is 0.714. The quantitative estimate of drug-likeness (QED) is 0.854. The van der Waals surface area contributed by atoms with E-state index in [2.05, 4.69) is 25.8 Å². The van der Waals surface area contributed by atoms with Gasteiger partial charge in [-0.1, -0.05) is 13.8 Å². The summed E-state index contributed by atoms with van der Waals surface area (Å²) in [6.07, 6.45) is 6.01. The second-order valence-electron chi connectivity index (χ2n) is 5.83. The standard InChI is InChI=1S/C14H24N2O/c1-11(2)13-6-14(7-13,10-15)16(3)8-12-4-5-17-9-12/h4-5,9,11,13H,6-8,10,15H2,1-3H3. The van der Waals surface area contributed by atoms with Crippen LogP contribution in [-0.2, 0) is 6.54 Å². The van der Waals surface area contributed by atoms with Crippen LogP contribution in [0.2, 0.25) is 0 Å². The van der Waals surface area contributed by atoms with Crippen LogP contribution in [0, 0.1) is 11.8 Å². The molecule has 2 N–H and O–H groups in total. The molecule has 0 aromatic carbocycles. The highest BCUT2D eigenvalue weighted by atomic mass is 16.3. The lowest BCUT2D eigenvalue weighted by Gasteiger charge is -2.54. The number of nitrogens with two attached hydrogens (primary N) is 1. The van der Waals surface area contributed by atoms with Gasteiger partial charge in [0.15, 0.2) is 0 Å². The molecule has 2 rings (SSSR count). The lowest BCUT2D eigenvalue weighted by Crippen LogP contribution is -2.60. The minimum atomic E-state index is 0.214. The van der Waals surface area contributed by atoms with Crippen molar-refractivity contribution < 1.29 is 4.42 Å². The van der Waals surface area contributed by atoms with Crippen molar-refractivity contribution in [3.8, 4) is 0 Å². The largest absolute Gasteiger partial charge is 0.472 e. The van der Waals surface area contributed by atoms with Gasteiger partial charge in [-0.3, -0.25) is 4.90 Å². The zero-order valence-corrected chi connectivity index (χ0v) is 11.1. The van der Waals surface area contributed by atoms with Crippen LogP contribution in [0.1, 0.15) is 32.3 Å². The number of hydrogen-bond donors (Lipinski definition) is 1. The van der Waals surface area contributed by atoms with Gasteiger partial charge in [-0.05, 0) is 37.8 Å². The molecule has 1 aliphatic rings. The Hall–Kier alpha value is -0.800. The van der Waals surface area contributed by atoms with Gasteiger partial charge >= 0.3 is 0 Å². The molecule has 0 aliphatic heterocycles. The average molecular weight is 236 g/mol. The summed E-state index contributed by atoms with van der Waals surface area (Å²) in [5.41, 5.74) is 7.44. The molecule has 0 bridgehead atoms. The molecular formula is C14H24N2O. The van der Waals surface area contributed by atoms with Crippen LogP contribution >= 0.6 is 0 Å². The van der Waals surface area contributed by atoms with Crippen LogP contribution in [0.15, 0.2) is 23.0 Å². The van der Waals surface area contributed by atoms with E-state index in [9.17, 15) is 0 Å². The Labute approximate surface area is 104 Å². The predicted octanol–water partition coefficient (Wildman–Crippen LogP) is 2.47. The maximum atomic E-state index is 6.00. The van der Waals surface area contributed by atoms with Gasteiger partial charge in [0.2, 0.25) is 0 Å². The number of rotatable bonds is 5. The minimum Gasteiger partial charge on any atom is -0.472 e. The summed E-state index contributed by atoms with van der Waals surface area (Å²) < 4.78 is 5.11. The molecular weight excluding hydrogens is 212 g/mol. The van der Waals surface area contributed by atoms with E-state index in [1.54, 1.807) is 6.26 Å². The van der Waals surface area contributed by atoms with Crippen molar-refractivity contribution in [2.45, 2.75) is 38.8 Å². The zero-order valence-electron chi connectivity index (χ0n) is 11.1. The van der Waals surface area contributed by atoms with E-state index in [4.69, 9.17) is 10.2 Å². The van der Waals surface area contributed by atoms with Crippen LogP contribution < -0.4 is 5.73 Å². The van der Waals surface area contributed by atoms with Crippen molar-refractivity contribution in [2.75, 3.05) is 13.6 Å². The SMILES string of the molecule is CC(C)C1CC(CN)(N(C)Cc2ccoc2)C1. The van der Waals surface area contributed by atoms with E-state index in [0.29, 0.717) is 0 Å². The topological polar surface area (TPSA) is 42.4 Å². The Bertz CT molecular complexity index is 339. The molecule has 1 heterocycles. The first-order valence-corrected chi connectivity index (χ1v) is 6.50. The van der Waals surface area contributed by atoms with Gasteiger partial charge in [0.1, 0.15) is 0 Å². The molecule has 0 atom stereocenters. The molecule has 1 saturated carbocycles. The molecule has 1 aromatic rings. The average Bonchev–Trinajstić information content (AvgIpc) is 2.69. The second kappa shape index (κ2) is 4.83. The molecule has 17 heavy (non-hydrogen) atoms. The zero-order chi connectivity index (χ0) is 12.5. The van der Waals surface area contributed by atoms with Gasteiger partial charge in [-0.15, -0.1) is 0 Å². The highest BCUT2D eigenvalue weighted by Gasteiger charge is 2.46. The van der Waals surface area contributed by atoms with Crippen LogP contribution in [0.5, 0.6) is 0 Å². The summed E-state index contributed by atoms with van der Waals surface area (Å²) in [6.45, 7) is 6.30. The van der Waals surface area contributed by atoms with E-state index in [-0.39, 0.29) is 5.54 Å². The first kappa shape index (κ1) is 12.7. The fourth-order valence-corrected chi connectivity index (χ4v) is 2.85. The van der Waals surface area contributed by atoms with Gasteiger partial charge in [0, 0.05) is 24.2 Å². The summed E-state index contributed by atoms with van der Waals surface area (Å²) in [4.78, 5) is 2.40. The second-order valence-corrected chi connectivity index (χ2v) is 5.83. The normalized spacial score (nSPS) is 28.7. The highest BCUT2D eigenvalue weighted by molar-refractivity contribution is 5.09. The van der Waals surface area contributed by atoms with Gasteiger partial charge in [0.05, 0.1) is 12.5 Å². The Kier molecular flexibility index (Phi) is 3.59. The van der Waals surface area contributed by atoms with Crippen molar-refractivity contribution in [3.05, 3.63) is 24.2 Å². The Morgan fingerprint density at radius 3 is 2.71 bits per heavy atom. The fourth-order valence-electron chi connectivity index (χ4n) is 2.85. The number of hydrogen-bond acceptors (Lipinski definition) is 3. The lowest BCUT2D eigenvalue weighted by molar-refractivity contribution is -0.0244. The lowest BCUT2D eigenvalue weighted by atomic mass is 9.63. The Morgan fingerprint density at radius 2 is 2.24 bits per heavy atom. The van der Waals surface area contributed by atoms with Gasteiger partial charge in [-0.2, -0.15) is 0 Å². The van der Waals surface area contributed by atoms with E-state index in [1.807, 2.05) is 12.3 Å². The third kappa shape index (κ3) is 2.40. The predicted molar refractivity (Wildman–Crippen MR) is 69.5 cm³/mol. The van der Waals surface area contributed by atoms with Gasteiger partial charge < -0.3 is 10.2 Å². The van der Waals surface area contributed by atoms with Gasteiger partial charge in [-0.25, -0.2) is 0 Å². The molecule has 96 valence electrons. The number of likely N-dealkylation sites (N-methyl/N-ethyl adjacent to an activating group) is 1. The third-order valence-electron chi connectivity index (χ3n) is 4.42. The summed E-state index contributed by atoms with van der Waals surface area (Å²) >= 11 is 0. The summed E-state index contributed by atoms with van der Waals surface area (Å²) in [5.74, 6) is 1.61. The summed E-state index contributed by atoms with van der Waals surface area (Å²) in [7, 11) is 2.18. The molecule has 1 aromatic heterocycles. The van der Waals surface area contributed by atoms with Gasteiger partial charge in [0.25, 0.3) is 0 Å². The highest BCUT2D eigenvalue weighted by Crippen LogP contribution is 2.45. The third-order valence-corrected chi connectivity index (χ3v) is 4.42. The van der Waals surface area contributed by atoms with E-state index in [1.165, 1.54) is 18.4 Å². The number of nitrogens with zero attached hydrogens (tertiary/aromatic N) is 1. The van der Waals surface area contributed by atoms with E-state index in [0.717, 1.165) is 24.9 Å². The molecule has 0 unspecified atom stereocenters. The van der Waals surface area contributed by atoms with Crippen LogP contribution in [0.3, 0.4) is 0 Å². The van der Waals surface area contributed by atoms with Crippen LogP contribution in [0.25, 0.3) is 0 Å². The minimum absolute atomic E-state index is 0.214. The maximum Gasteiger partial charge on any atom is 0.0947 e. The van der Waals surface area contributed by atoms with Crippen molar-refractivity contribution in [3.63, 3.8) is 0 Å². The molecule has 1 aliphatic carbocycles. The first-order chi connectivity index (χ1) is 8.07. The molecule has 1 fully saturated rings. The maximum absolute atomic E-state index is 6.00.